The van der Waals surface area contributed by atoms with Crippen LogP contribution in [0.25, 0.3) is 11.0 Å². The zero-order valence-electron chi connectivity index (χ0n) is 15.0. The summed E-state index contributed by atoms with van der Waals surface area (Å²) in [6.45, 7) is 2.10. The molecule has 0 radical (unpaired) electrons. The molecule has 3 aromatic rings. The van der Waals surface area contributed by atoms with Crippen LogP contribution in [0.3, 0.4) is 0 Å². The van der Waals surface area contributed by atoms with Gasteiger partial charge in [-0.2, -0.15) is 0 Å². The zero-order valence-corrected chi connectivity index (χ0v) is 15.0. The van der Waals surface area contributed by atoms with Crippen molar-refractivity contribution in [1.29, 1.82) is 0 Å². The highest BCUT2D eigenvalue weighted by atomic mass is 16.5. The molecule has 0 unspecified atom stereocenters. The molecule has 0 aliphatic rings. The lowest BCUT2D eigenvalue weighted by molar-refractivity contribution is -0.140. The number of pyridine rings is 1. The Balaban J connectivity index is 1.95. The van der Waals surface area contributed by atoms with Crippen molar-refractivity contribution in [3.05, 3.63) is 54.0 Å². The highest BCUT2D eigenvalue weighted by molar-refractivity contribution is 6.07. The molecular weight excluding hydrogens is 332 g/mol. The van der Waals surface area contributed by atoms with Gasteiger partial charge in [0.2, 0.25) is 0 Å². The van der Waals surface area contributed by atoms with E-state index in [0.29, 0.717) is 11.4 Å². The predicted octanol–water partition coefficient (Wildman–Crippen LogP) is 2.49. The molecule has 0 saturated carbocycles. The quantitative estimate of drug-likeness (QED) is 0.659. The zero-order chi connectivity index (χ0) is 18.7. The van der Waals surface area contributed by atoms with Crippen LogP contribution in [0, 0.1) is 6.92 Å². The Hall–Kier alpha value is -3.22. The molecule has 0 aliphatic carbocycles. The smallest absolute Gasteiger partial charge is 0.307 e. The first-order valence-corrected chi connectivity index (χ1v) is 8.24. The van der Waals surface area contributed by atoms with E-state index in [-0.39, 0.29) is 24.8 Å². The Kier molecular flexibility index (Phi) is 4.97. The number of ether oxygens (including phenoxy) is 1. The number of hydrogen-bond donors (Lipinski definition) is 0. The Labute approximate surface area is 151 Å². The second kappa shape index (κ2) is 7.35. The summed E-state index contributed by atoms with van der Waals surface area (Å²) in [5.74, 6) is 0.739. The third-order valence-corrected chi connectivity index (χ3v) is 4.29. The van der Waals surface area contributed by atoms with Crippen LogP contribution >= 0.6 is 0 Å². The molecule has 1 amide bonds. The maximum atomic E-state index is 13.1. The van der Waals surface area contributed by atoms with Gasteiger partial charge in [0.1, 0.15) is 11.6 Å². The molecule has 2 heterocycles. The van der Waals surface area contributed by atoms with Gasteiger partial charge in [0.15, 0.2) is 0 Å². The van der Waals surface area contributed by atoms with Crippen molar-refractivity contribution in [3.8, 4) is 0 Å². The molecule has 0 N–H and O–H groups in total. The van der Waals surface area contributed by atoms with Gasteiger partial charge in [-0.15, -0.1) is 0 Å². The van der Waals surface area contributed by atoms with Gasteiger partial charge in [-0.25, -0.2) is 9.97 Å². The standard InChI is InChI=1S/C19H20N4O3/c1-13-21-15-12-14(7-8-16(15)22(13)2)19(25)23(11-9-18(24)26-3)17-6-4-5-10-20-17/h4-8,10,12H,9,11H2,1-3H3. The number of nitrogens with zero attached hydrogens (tertiary/aromatic N) is 4. The molecule has 0 aliphatic heterocycles. The SMILES string of the molecule is COC(=O)CCN(C(=O)c1ccc2c(c1)nc(C)n2C)c1ccccn1. The summed E-state index contributed by atoms with van der Waals surface area (Å²) in [6, 6.07) is 10.7. The number of imidazole rings is 1. The maximum absolute atomic E-state index is 13.1. The number of hydrogen-bond acceptors (Lipinski definition) is 5. The van der Waals surface area contributed by atoms with Gasteiger partial charge in [-0.05, 0) is 37.3 Å². The van der Waals surface area contributed by atoms with Gasteiger partial charge < -0.3 is 9.30 Å². The number of methoxy groups -OCH3 is 1. The molecule has 0 fully saturated rings. The van der Waals surface area contributed by atoms with Crippen LogP contribution in [-0.2, 0) is 16.6 Å². The second-order valence-electron chi connectivity index (χ2n) is 5.89. The number of amides is 1. The normalized spacial score (nSPS) is 10.7. The Bertz CT molecular complexity index is 950. The highest BCUT2D eigenvalue weighted by Crippen LogP contribution is 2.20. The topological polar surface area (TPSA) is 77.3 Å². The van der Waals surface area contributed by atoms with Crippen molar-refractivity contribution in [2.24, 2.45) is 7.05 Å². The van der Waals surface area contributed by atoms with Crippen LogP contribution in [0.15, 0.2) is 42.6 Å². The van der Waals surface area contributed by atoms with Crippen LogP contribution in [0.5, 0.6) is 0 Å². The van der Waals surface area contributed by atoms with E-state index in [9.17, 15) is 9.59 Å². The maximum Gasteiger partial charge on any atom is 0.307 e. The van der Waals surface area contributed by atoms with Gasteiger partial charge in [0.25, 0.3) is 5.91 Å². The van der Waals surface area contributed by atoms with Gasteiger partial charge >= 0.3 is 5.97 Å². The van der Waals surface area contributed by atoms with Crippen LogP contribution in [0.2, 0.25) is 0 Å². The first-order chi connectivity index (χ1) is 12.5. The Morgan fingerprint density at radius 3 is 2.73 bits per heavy atom. The molecule has 134 valence electrons. The number of esters is 1. The number of benzene rings is 1. The van der Waals surface area contributed by atoms with Crippen molar-refractivity contribution in [2.75, 3.05) is 18.6 Å². The summed E-state index contributed by atoms with van der Waals surface area (Å²) in [7, 11) is 3.26. The number of carbonyl (C=O) groups excluding carboxylic acids is 2. The van der Waals surface area contributed by atoms with Gasteiger partial charge in [-0.1, -0.05) is 6.07 Å². The van der Waals surface area contributed by atoms with E-state index in [0.717, 1.165) is 16.9 Å². The minimum absolute atomic E-state index is 0.0871. The highest BCUT2D eigenvalue weighted by Gasteiger charge is 2.21. The van der Waals surface area contributed by atoms with E-state index in [1.165, 1.54) is 12.0 Å². The molecule has 1 aromatic carbocycles. The molecule has 26 heavy (non-hydrogen) atoms. The van der Waals surface area contributed by atoms with Crippen molar-refractivity contribution in [3.63, 3.8) is 0 Å². The van der Waals surface area contributed by atoms with Crippen LogP contribution in [-0.4, -0.2) is 40.1 Å². The summed E-state index contributed by atoms with van der Waals surface area (Å²) in [4.78, 5) is 34.8. The Morgan fingerprint density at radius 1 is 1.23 bits per heavy atom. The molecule has 7 heteroatoms. The largest absolute Gasteiger partial charge is 0.469 e. The predicted molar refractivity (Wildman–Crippen MR) is 98.0 cm³/mol. The molecule has 3 rings (SSSR count). The fraction of sp³-hybridized carbons (Fsp3) is 0.263. The number of aryl methyl sites for hydroxylation is 2. The van der Waals surface area contributed by atoms with E-state index >= 15 is 0 Å². The number of anilines is 1. The monoisotopic (exact) mass is 352 g/mol. The van der Waals surface area contributed by atoms with E-state index in [4.69, 9.17) is 0 Å². The van der Waals surface area contributed by atoms with Crippen LogP contribution in [0.1, 0.15) is 22.6 Å². The average Bonchev–Trinajstić information content (AvgIpc) is 2.95. The van der Waals surface area contributed by atoms with Crippen molar-refractivity contribution in [2.45, 2.75) is 13.3 Å². The summed E-state index contributed by atoms with van der Waals surface area (Å²) < 4.78 is 6.66. The van der Waals surface area contributed by atoms with Gasteiger partial charge in [0, 0.05) is 25.4 Å². The summed E-state index contributed by atoms with van der Waals surface area (Å²) in [5.41, 5.74) is 2.20. The minimum Gasteiger partial charge on any atom is -0.469 e. The first kappa shape index (κ1) is 17.6. The molecule has 2 aromatic heterocycles. The summed E-state index contributed by atoms with van der Waals surface area (Å²) in [5, 5.41) is 0. The van der Waals surface area contributed by atoms with Crippen molar-refractivity contribution in [1.82, 2.24) is 14.5 Å². The van der Waals surface area contributed by atoms with Crippen molar-refractivity contribution >= 4 is 28.7 Å². The number of fused-ring (bicyclic) bond motifs is 1. The third-order valence-electron chi connectivity index (χ3n) is 4.29. The number of rotatable bonds is 5. The number of aromatic nitrogens is 3. The first-order valence-electron chi connectivity index (χ1n) is 8.24. The lowest BCUT2D eigenvalue weighted by Gasteiger charge is -2.21. The molecule has 0 saturated heterocycles. The number of carbonyl (C=O) groups is 2. The molecule has 0 atom stereocenters. The van der Waals surface area contributed by atoms with E-state index < -0.39 is 0 Å². The van der Waals surface area contributed by atoms with E-state index in [2.05, 4.69) is 14.7 Å². The van der Waals surface area contributed by atoms with Crippen molar-refractivity contribution < 1.29 is 14.3 Å². The summed E-state index contributed by atoms with van der Waals surface area (Å²) in [6.07, 6.45) is 1.70. The lowest BCUT2D eigenvalue weighted by Crippen LogP contribution is -2.33. The Morgan fingerprint density at radius 2 is 2.04 bits per heavy atom. The van der Waals surface area contributed by atoms with Gasteiger partial charge in [-0.3, -0.25) is 14.5 Å². The van der Waals surface area contributed by atoms with E-state index in [1.54, 1.807) is 36.5 Å². The fourth-order valence-corrected chi connectivity index (χ4v) is 2.75. The lowest BCUT2D eigenvalue weighted by atomic mass is 10.1. The fourth-order valence-electron chi connectivity index (χ4n) is 2.75. The molecule has 0 bridgehead atoms. The van der Waals surface area contributed by atoms with E-state index in [1.807, 2.05) is 24.6 Å². The third kappa shape index (κ3) is 3.42. The van der Waals surface area contributed by atoms with Crippen LogP contribution < -0.4 is 4.90 Å². The average molecular weight is 352 g/mol. The van der Waals surface area contributed by atoms with Crippen LogP contribution in [0.4, 0.5) is 5.82 Å². The molecule has 7 nitrogen and oxygen atoms in total. The van der Waals surface area contributed by atoms with Gasteiger partial charge in [0.05, 0.1) is 24.6 Å². The minimum atomic E-state index is -0.380. The molecular formula is C19H20N4O3. The molecule has 0 spiro atoms. The second-order valence-corrected chi connectivity index (χ2v) is 5.89. The summed E-state index contributed by atoms with van der Waals surface area (Å²) >= 11 is 0.